The van der Waals surface area contributed by atoms with Crippen LogP contribution >= 0.6 is 0 Å². The summed E-state index contributed by atoms with van der Waals surface area (Å²) in [6.07, 6.45) is 3.09. The van der Waals surface area contributed by atoms with E-state index >= 15 is 0 Å². The Balaban J connectivity index is 2.27. The Labute approximate surface area is 96.0 Å². The summed E-state index contributed by atoms with van der Waals surface area (Å²) in [5.41, 5.74) is 2.49. The summed E-state index contributed by atoms with van der Waals surface area (Å²) < 4.78 is 5.45. The maximum atomic E-state index is 5.45. The number of H-pyrrole nitrogens is 1. The second-order valence-corrected chi connectivity index (χ2v) is 4.22. The van der Waals surface area contributed by atoms with Crippen LogP contribution in [0.25, 0.3) is 10.9 Å². The van der Waals surface area contributed by atoms with Gasteiger partial charge in [0.2, 0.25) is 0 Å². The third kappa shape index (κ3) is 2.10. The van der Waals surface area contributed by atoms with Crippen molar-refractivity contribution in [2.75, 3.05) is 21.2 Å². The number of aromatic amines is 1. The molecule has 1 N–H and O–H groups in total. The molecular weight excluding hydrogens is 200 g/mol. The molecule has 0 aliphatic heterocycles. The monoisotopic (exact) mass is 218 g/mol. The highest BCUT2D eigenvalue weighted by atomic mass is 16.5. The third-order valence-electron chi connectivity index (χ3n) is 2.92. The van der Waals surface area contributed by atoms with Crippen LogP contribution in [0.5, 0.6) is 0 Å². The van der Waals surface area contributed by atoms with Crippen LogP contribution in [0, 0.1) is 0 Å². The van der Waals surface area contributed by atoms with E-state index in [1.807, 2.05) is 20.2 Å². The van der Waals surface area contributed by atoms with Gasteiger partial charge in [-0.25, -0.2) is 0 Å². The van der Waals surface area contributed by atoms with Gasteiger partial charge in [-0.1, -0.05) is 18.2 Å². The zero-order valence-electron chi connectivity index (χ0n) is 10.0. The first-order valence-electron chi connectivity index (χ1n) is 5.46. The molecule has 0 bridgehead atoms. The van der Waals surface area contributed by atoms with Crippen LogP contribution < -0.4 is 0 Å². The van der Waals surface area contributed by atoms with Crippen LogP contribution in [0.2, 0.25) is 0 Å². The Kier molecular flexibility index (Phi) is 3.27. The lowest BCUT2D eigenvalue weighted by atomic mass is 10.1. The molecule has 0 aliphatic carbocycles. The fraction of sp³-hybridized carbons (Fsp3) is 0.385. The summed E-state index contributed by atoms with van der Waals surface area (Å²) in [5, 5.41) is 1.28. The second kappa shape index (κ2) is 4.68. The van der Waals surface area contributed by atoms with E-state index in [1.54, 1.807) is 7.11 Å². The number of para-hydroxylation sites is 1. The van der Waals surface area contributed by atoms with Crippen molar-refractivity contribution < 1.29 is 4.74 Å². The molecular formula is C13H18N2O. The molecule has 86 valence electrons. The smallest absolute Gasteiger partial charge is 0.113 e. The van der Waals surface area contributed by atoms with Crippen LogP contribution in [0.3, 0.4) is 0 Å². The number of likely N-dealkylation sites (N-methyl/N-ethyl adjacent to an activating group) is 1. The molecule has 1 aromatic heterocycles. The van der Waals surface area contributed by atoms with Crippen LogP contribution in [0.1, 0.15) is 5.56 Å². The number of ether oxygens (including phenoxy) is 1. The highest BCUT2D eigenvalue weighted by Crippen LogP contribution is 2.19. The van der Waals surface area contributed by atoms with E-state index in [2.05, 4.69) is 34.3 Å². The molecule has 2 rings (SSSR count). The largest absolute Gasteiger partial charge is 0.366 e. The van der Waals surface area contributed by atoms with Gasteiger partial charge in [0.25, 0.3) is 0 Å². The number of methoxy groups -OCH3 is 1. The van der Waals surface area contributed by atoms with Crippen molar-refractivity contribution in [2.45, 2.75) is 12.6 Å². The standard InChI is InChI=1S/C13H18N2O/c1-15(2)13(16-3)8-10-9-14-12-7-5-4-6-11(10)12/h4-7,9,13-14H,8H2,1-3H3. The van der Waals surface area contributed by atoms with E-state index in [0.29, 0.717) is 0 Å². The number of hydrogen-bond acceptors (Lipinski definition) is 2. The minimum atomic E-state index is 0.124. The molecule has 0 spiro atoms. The average Bonchev–Trinajstić information content (AvgIpc) is 2.69. The molecule has 0 aliphatic rings. The maximum absolute atomic E-state index is 5.45. The molecule has 0 amide bonds. The minimum Gasteiger partial charge on any atom is -0.366 e. The lowest BCUT2D eigenvalue weighted by Gasteiger charge is -2.22. The number of nitrogens with one attached hydrogen (secondary N) is 1. The van der Waals surface area contributed by atoms with Crippen molar-refractivity contribution in [1.29, 1.82) is 0 Å². The van der Waals surface area contributed by atoms with E-state index in [-0.39, 0.29) is 6.23 Å². The van der Waals surface area contributed by atoms with Crippen LogP contribution in [0.15, 0.2) is 30.5 Å². The molecule has 16 heavy (non-hydrogen) atoms. The highest BCUT2D eigenvalue weighted by Gasteiger charge is 2.13. The lowest BCUT2D eigenvalue weighted by molar-refractivity contribution is -0.00239. The molecule has 0 saturated heterocycles. The van der Waals surface area contributed by atoms with E-state index in [9.17, 15) is 0 Å². The van der Waals surface area contributed by atoms with Gasteiger partial charge < -0.3 is 9.72 Å². The summed E-state index contributed by atoms with van der Waals surface area (Å²) in [6.45, 7) is 0. The Morgan fingerprint density at radius 3 is 2.75 bits per heavy atom. The normalized spacial score (nSPS) is 13.5. The topological polar surface area (TPSA) is 28.3 Å². The number of hydrogen-bond donors (Lipinski definition) is 1. The van der Waals surface area contributed by atoms with Gasteiger partial charge in [0.05, 0.1) is 0 Å². The first-order valence-corrected chi connectivity index (χ1v) is 5.46. The summed E-state index contributed by atoms with van der Waals surface area (Å²) in [4.78, 5) is 5.37. The molecule has 1 atom stereocenters. The summed E-state index contributed by atoms with van der Waals surface area (Å²) in [6, 6.07) is 8.35. The molecule has 0 radical (unpaired) electrons. The minimum absolute atomic E-state index is 0.124. The van der Waals surface area contributed by atoms with Crippen molar-refractivity contribution in [3.63, 3.8) is 0 Å². The van der Waals surface area contributed by atoms with Gasteiger partial charge in [-0.2, -0.15) is 0 Å². The van der Waals surface area contributed by atoms with Crippen molar-refractivity contribution in [1.82, 2.24) is 9.88 Å². The van der Waals surface area contributed by atoms with Crippen molar-refractivity contribution in [3.8, 4) is 0 Å². The van der Waals surface area contributed by atoms with Crippen LogP contribution in [-0.4, -0.2) is 37.3 Å². The second-order valence-electron chi connectivity index (χ2n) is 4.22. The fourth-order valence-electron chi connectivity index (χ4n) is 1.97. The number of nitrogens with zero attached hydrogens (tertiary/aromatic N) is 1. The molecule has 0 saturated carbocycles. The Morgan fingerprint density at radius 1 is 1.31 bits per heavy atom. The van der Waals surface area contributed by atoms with Crippen molar-refractivity contribution >= 4 is 10.9 Å². The number of rotatable bonds is 4. The maximum Gasteiger partial charge on any atom is 0.113 e. The van der Waals surface area contributed by atoms with Gasteiger partial charge in [0.1, 0.15) is 6.23 Å². The van der Waals surface area contributed by atoms with Crippen LogP contribution in [-0.2, 0) is 11.2 Å². The van der Waals surface area contributed by atoms with Crippen molar-refractivity contribution in [2.24, 2.45) is 0 Å². The Hall–Kier alpha value is -1.32. The van der Waals surface area contributed by atoms with E-state index in [0.717, 1.165) is 6.42 Å². The highest BCUT2D eigenvalue weighted by molar-refractivity contribution is 5.83. The molecule has 3 nitrogen and oxygen atoms in total. The number of benzene rings is 1. The molecule has 3 heteroatoms. The summed E-state index contributed by atoms with van der Waals surface area (Å²) >= 11 is 0. The fourth-order valence-corrected chi connectivity index (χ4v) is 1.97. The number of aromatic nitrogens is 1. The zero-order chi connectivity index (χ0) is 11.5. The molecule has 2 aromatic rings. The molecule has 1 aromatic carbocycles. The molecule has 0 fully saturated rings. The van der Waals surface area contributed by atoms with E-state index in [1.165, 1.54) is 16.5 Å². The Morgan fingerprint density at radius 2 is 2.06 bits per heavy atom. The quantitative estimate of drug-likeness (QED) is 0.797. The Bertz CT molecular complexity index is 462. The van der Waals surface area contributed by atoms with Gasteiger partial charge in [-0.3, -0.25) is 4.90 Å². The summed E-state index contributed by atoms with van der Waals surface area (Å²) in [5.74, 6) is 0. The summed E-state index contributed by atoms with van der Waals surface area (Å²) in [7, 11) is 5.81. The van der Waals surface area contributed by atoms with E-state index in [4.69, 9.17) is 4.74 Å². The first-order chi connectivity index (χ1) is 7.72. The lowest BCUT2D eigenvalue weighted by Crippen LogP contribution is -2.31. The van der Waals surface area contributed by atoms with Gasteiger partial charge in [0.15, 0.2) is 0 Å². The molecule has 1 heterocycles. The van der Waals surface area contributed by atoms with Gasteiger partial charge >= 0.3 is 0 Å². The average molecular weight is 218 g/mol. The van der Waals surface area contributed by atoms with Gasteiger partial charge in [-0.05, 0) is 25.7 Å². The van der Waals surface area contributed by atoms with Crippen LogP contribution in [0.4, 0.5) is 0 Å². The third-order valence-corrected chi connectivity index (χ3v) is 2.92. The van der Waals surface area contributed by atoms with Gasteiger partial charge in [-0.15, -0.1) is 0 Å². The number of fused-ring (bicyclic) bond motifs is 1. The zero-order valence-corrected chi connectivity index (χ0v) is 10.0. The van der Waals surface area contributed by atoms with Gasteiger partial charge in [0, 0.05) is 30.6 Å². The SMILES string of the molecule is COC(Cc1c[nH]c2ccccc12)N(C)C. The predicted molar refractivity (Wildman–Crippen MR) is 66.5 cm³/mol. The van der Waals surface area contributed by atoms with Crippen molar-refractivity contribution in [3.05, 3.63) is 36.0 Å². The predicted octanol–water partition coefficient (Wildman–Crippen LogP) is 2.24. The molecule has 1 unspecified atom stereocenters. The van der Waals surface area contributed by atoms with E-state index < -0.39 is 0 Å². The first kappa shape index (κ1) is 11.2.